The quantitative estimate of drug-likeness (QED) is 0.751. The summed E-state index contributed by atoms with van der Waals surface area (Å²) in [6.45, 7) is 3.36. The molecule has 84 valence electrons. The molecule has 3 heteroatoms. The van der Waals surface area contributed by atoms with Crippen LogP contribution in [0, 0.1) is 11.8 Å². The molecule has 0 saturated heterocycles. The fourth-order valence-electron chi connectivity index (χ4n) is 2.47. The van der Waals surface area contributed by atoms with Crippen molar-refractivity contribution < 1.29 is 13.9 Å². The minimum absolute atomic E-state index is 0.212. The Morgan fingerprint density at radius 3 is 2.00 bits per heavy atom. The Morgan fingerprint density at radius 1 is 1.14 bits per heavy atom. The predicted octanol–water partition coefficient (Wildman–Crippen LogP) is 3.22. The van der Waals surface area contributed by atoms with Gasteiger partial charge in [-0.2, -0.15) is 0 Å². The van der Waals surface area contributed by atoms with Crippen LogP contribution < -0.4 is 0 Å². The van der Waals surface area contributed by atoms with Gasteiger partial charge in [-0.05, 0) is 24.7 Å². The van der Waals surface area contributed by atoms with Gasteiger partial charge in [0.15, 0.2) is 0 Å². The fraction of sp³-hybridized carbons (Fsp3) is 1.00. The van der Waals surface area contributed by atoms with Crippen LogP contribution in [0.5, 0.6) is 0 Å². The van der Waals surface area contributed by atoms with E-state index in [4.69, 9.17) is 0 Å². The van der Waals surface area contributed by atoms with E-state index < -0.39 is 12.0 Å². The lowest BCUT2D eigenvalue weighted by Gasteiger charge is -2.40. The fourth-order valence-corrected chi connectivity index (χ4v) is 2.47. The van der Waals surface area contributed by atoms with Gasteiger partial charge in [0.1, 0.15) is 5.60 Å². The zero-order chi connectivity index (χ0) is 10.8. The summed E-state index contributed by atoms with van der Waals surface area (Å²) in [6, 6.07) is 0. The Labute approximate surface area is 84.5 Å². The number of alkyl halides is 2. The lowest BCUT2D eigenvalue weighted by molar-refractivity contribution is -0.167. The second-order valence-electron chi connectivity index (χ2n) is 4.68. The molecule has 0 spiro atoms. The third kappa shape index (κ3) is 2.08. The van der Waals surface area contributed by atoms with Crippen LogP contribution >= 0.6 is 0 Å². The number of hydrogen-bond donors (Lipinski definition) is 1. The second kappa shape index (κ2) is 4.56. The molecule has 0 amide bonds. The molecule has 0 aromatic carbocycles. The van der Waals surface area contributed by atoms with Gasteiger partial charge in [-0.15, -0.1) is 0 Å². The van der Waals surface area contributed by atoms with Gasteiger partial charge in [-0.1, -0.05) is 33.1 Å². The Kier molecular flexibility index (Phi) is 3.87. The Balaban J connectivity index is 2.75. The molecule has 1 N–H and O–H groups in total. The van der Waals surface area contributed by atoms with Gasteiger partial charge in [0.05, 0.1) is 0 Å². The molecule has 0 bridgehead atoms. The van der Waals surface area contributed by atoms with Crippen molar-refractivity contribution in [3.63, 3.8) is 0 Å². The summed E-state index contributed by atoms with van der Waals surface area (Å²) in [4.78, 5) is 0. The third-order valence-electron chi connectivity index (χ3n) is 3.53. The number of halogens is 2. The maximum Gasteiger partial charge on any atom is 0.267 e. The van der Waals surface area contributed by atoms with Crippen LogP contribution in [0.25, 0.3) is 0 Å². The maximum absolute atomic E-state index is 12.9. The molecule has 1 fully saturated rings. The van der Waals surface area contributed by atoms with Gasteiger partial charge in [-0.25, -0.2) is 8.78 Å². The van der Waals surface area contributed by atoms with Gasteiger partial charge in [0, 0.05) is 0 Å². The molecule has 1 atom stereocenters. The Morgan fingerprint density at radius 2 is 1.64 bits per heavy atom. The highest BCUT2D eigenvalue weighted by Gasteiger charge is 2.47. The summed E-state index contributed by atoms with van der Waals surface area (Å²) in [7, 11) is 0. The lowest BCUT2D eigenvalue weighted by atomic mass is 9.71. The van der Waals surface area contributed by atoms with Crippen LogP contribution in [-0.4, -0.2) is 17.1 Å². The number of rotatable bonds is 3. The van der Waals surface area contributed by atoms with Gasteiger partial charge in [0.25, 0.3) is 6.43 Å². The average Bonchev–Trinajstić information content (AvgIpc) is 2.17. The molecule has 1 rings (SSSR count). The molecule has 1 unspecified atom stereocenters. The number of aliphatic hydroxyl groups is 1. The van der Waals surface area contributed by atoms with E-state index in [9.17, 15) is 13.9 Å². The monoisotopic (exact) mass is 206 g/mol. The van der Waals surface area contributed by atoms with Gasteiger partial charge >= 0.3 is 0 Å². The molecule has 1 aliphatic rings. The van der Waals surface area contributed by atoms with E-state index in [-0.39, 0.29) is 11.8 Å². The van der Waals surface area contributed by atoms with E-state index in [2.05, 4.69) is 0 Å². The molecule has 0 aliphatic heterocycles. The summed E-state index contributed by atoms with van der Waals surface area (Å²) in [5.74, 6) is -0.582. The summed E-state index contributed by atoms with van der Waals surface area (Å²) in [6.07, 6.45) is 1.95. The van der Waals surface area contributed by atoms with E-state index in [0.29, 0.717) is 0 Å². The van der Waals surface area contributed by atoms with Gasteiger partial charge in [-0.3, -0.25) is 0 Å². The van der Waals surface area contributed by atoms with Crippen molar-refractivity contribution in [2.75, 3.05) is 0 Å². The molecular weight excluding hydrogens is 186 g/mol. The van der Waals surface area contributed by atoms with E-state index in [0.717, 1.165) is 32.1 Å². The van der Waals surface area contributed by atoms with Crippen molar-refractivity contribution in [2.24, 2.45) is 11.8 Å². The highest BCUT2D eigenvalue weighted by molar-refractivity contribution is 4.92. The molecule has 1 saturated carbocycles. The lowest BCUT2D eigenvalue weighted by Crippen LogP contribution is -2.50. The Bertz CT molecular complexity index is 166. The van der Waals surface area contributed by atoms with Crippen molar-refractivity contribution >= 4 is 0 Å². The minimum atomic E-state index is -2.62. The van der Waals surface area contributed by atoms with Gasteiger partial charge < -0.3 is 5.11 Å². The average molecular weight is 206 g/mol. The van der Waals surface area contributed by atoms with E-state index in [1.165, 1.54) is 0 Å². The maximum atomic E-state index is 12.9. The first-order chi connectivity index (χ1) is 6.49. The largest absolute Gasteiger partial charge is 0.383 e. The highest BCUT2D eigenvalue weighted by Crippen LogP contribution is 2.40. The third-order valence-corrected chi connectivity index (χ3v) is 3.53. The molecular formula is C11H20F2O. The second-order valence-corrected chi connectivity index (χ2v) is 4.68. The van der Waals surface area contributed by atoms with Crippen LogP contribution in [0.3, 0.4) is 0 Å². The number of hydrogen-bond acceptors (Lipinski definition) is 1. The summed E-state index contributed by atoms with van der Waals surface area (Å²) < 4.78 is 25.7. The van der Waals surface area contributed by atoms with Crippen LogP contribution in [0.2, 0.25) is 0 Å². The van der Waals surface area contributed by atoms with E-state index in [1.54, 1.807) is 13.8 Å². The van der Waals surface area contributed by atoms with Crippen LogP contribution in [0.15, 0.2) is 0 Å². The molecule has 1 aliphatic carbocycles. The predicted molar refractivity (Wildman–Crippen MR) is 52.4 cm³/mol. The van der Waals surface area contributed by atoms with E-state index >= 15 is 0 Å². The molecule has 14 heavy (non-hydrogen) atoms. The first-order valence-electron chi connectivity index (χ1n) is 5.50. The minimum Gasteiger partial charge on any atom is -0.383 e. The van der Waals surface area contributed by atoms with Crippen molar-refractivity contribution in [2.45, 2.75) is 58.0 Å². The summed E-state index contributed by atoms with van der Waals surface area (Å²) in [5.41, 5.74) is -1.76. The highest BCUT2D eigenvalue weighted by atomic mass is 19.3. The molecule has 0 aromatic rings. The zero-order valence-corrected chi connectivity index (χ0v) is 8.97. The molecule has 0 aromatic heterocycles. The van der Waals surface area contributed by atoms with Crippen molar-refractivity contribution in [1.29, 1.82) is 0 Å². The van der Waals surface area contributed by atoms with Crippen molar-refractivity contribution in [3.8, 4) is 0 Å². The van der Waals surface area contributed by atoms with Crippen molar-refractivity contribution in [1.82, 2.24) is 0 Å². The smallest absolute Gasteiger partial charge is 0.267 e. The molecule has 0 heterocycles. The summed E-state index contributed by atoms with van der Waals surface area (Å²) in [5, 5.41) is 10.0. The van der Waals surface area contributed by atoms with E-state index in [1.807, 2.05) is 0 Å². The van der Waals surface area contributed by atoms with Crippen LogP contribution in [0.1, 0.15) is 46.0 Å². The zero-order valence-electron chi connectivity index (χ0n) is 8.97. The Hall–Kier alpha value is -0.180. The van der Waals surface area contributed by atoms with Crippen molar-refractivity contribution in [3.05, 3.63) is 0 Å². The first kappa shape index (κ1) is 11.9. The van der Waals surface area contributed by atoms with Gasteiger partial charge in [0.2, 0.25) is 0 Å². The normalized spacial score (nSPS) is 24.2. The summed E-state index contributed by atoms with van der Waals surface area (Å²) >= 11 is 0. The van der Waals surface area contributed by atoms with Crippen LogP contribution in [0.4, 0.5) is 8.78 Å². The topological polar surface area (TPSA) is 20.2 Å². The molecule has 0 radical (unpaired) electrons. The molecule has 1 nitrogen and oxygen atoms in total. The SMILES string of the molecule is CC(C)C(O)(C(F)F)C1CCCCC1. The standard InChI is InChI=1S/C11H20F2O/c1-8(2)11(14,10(12)13)9-6-4-3-5-7-9/h8-10,14H,3-7H2,1-2H3. The van der Waals surface area contributed by atoms with Crippen LogP contribution in [-0.2, 0) is 0 Å². The first-order valence-corrected chi connectivity index (χ1v) is 5.50.